The molecule has 1 amide bonds. The van der Waals surface area contributed by atoms with Crippen LogP contribution in [0, 0.1) is 0 Å². The minimum Gasteiger partial charge on any atom is -0.452 e. The molecule has 4 aromatic rings. The van der Waals surface area contributed by atoms with Crippen LogP contribution >= 0.6 is 0 Å². The van der Waals surface area contributed by atoms with Crippen molar-refractivity contribution in [2.45, 2.75) is 25.6 Å². The SMILES string of the molecule is O=C(OCC(=O)N(/N=C/c1ccccc1)c1cccc(C(F)(F)F)c1)c1ccc2c(=O)n3c(nc2c1)CCC3. The molecular weight excluding hydrogens is 513 g/mol. The standard InChI is InChI=1S/C28H21F3N4O4/c29-28(30,31)20-8-4-9-21(15-20)35(32-16-18-6-2-1-3-7-18)25(36)17-39-27(38)19-11-12-22-23(14-19)33-24-10-5-13-34(24)26(22)37/h1-4,6-9,11-12,14-16H,5,10,13,17H2/b32-16+. The number of anilines is 1. The highest BCUT2D eigenvalue weighted by molar-refractivity contribution is 5.99. The fourth-order valence-electron chi connectivity index (χ4n) is 4.24. The fraction of sp³-hybridized carbons (Fsp3) is 0.179. The zero-order valence-electron chi connectivity index (χ0n) is 20.4. The topological polar surface area (TPSA) is 93.9 Å². The Kier molecular flexibility index (Phi) is 6.97. The van der Waals surface area contributed by atoms with Crippen LogP contribution in [-0.4, -0.2) is 34.2 Å². The van der Waals surface area contributed by atoms with E-state index >= 15 is 0 Å². The Labute approximate surface area is 220 Å². The minimum absolute atomic E-state index is 0.0727. The van der Waals surface area contributed by atoms with E-state index in [9.17, 15) is 27.6 Å². The zero-order chi connectivity index (χ0) is 27.6. The Balaban J connectivity index is 1.37. The number of hydrazone groups is 1. The van der Waals surface area contributed by atoms with Gasteiger partial charge in [0.15, 0.2) is 6.61 Å². The molecule has 0 saturated heterocycles. The van der Waals surface area contributed by atoms with Crippen LogP contribution in [0.5, 0.6) is 0 Å². The van der Waals surface area contributed by atoms with Gasteiger partial charge in [0, 0.05) is 13.0 Å². The van der Waals surface area contributed by atoms with Crippen molar-refractivity contribution in [3.05, 3.63) is 106 Å². The predicted octanol–water partition coefficient (Wildman–Crippen LogP) is 4.59. The monoisotopic (exact) mass is 534 g/mol. The summed E-state index contributed by atoms with van der Waals surface area (Å²) in [6.45, 7) is -0.197. The summed E-state index contributed by atoms with van der Waals surface area (Å²) in [5.74, 6) is -1.09. The number of halogens is 3. The van der Waals surface area contributed by atoms with Gasteiger partial charge in [-0.15, -0.1) is 0 Å². The van der Waals surface area contributed by atoms with Gasteiger partial charge >= 0.3 is 12.1 Å². The Morgan fingerprint density at radius 2 is 1.85 bits per heavy atom. The van der Waals surface area contributed by atoms with Crippen molar-refractivity contribution in [3.8, 4) is 0 Å². The number of alkyl halides is 3. The van der Waals surface area contributed by atoms with E-state index in [1.165, 1.54) is 30.5 Å². The number of rotatable bonds is 6. The molecule has 1 aromatic heterocycles. The number of amides is 1. The van der Waals surface area contributed by atoms with Crippen LogP contribution in [0.25, 0.3) is 10.9 Å². The third-order valence-corrected chi connectivity index (χ3v) is 6.16. The molecule has 11 heteroatoms. The number of hydrogen-bond donors (Lipinski definition) is 0. The molecular formula is C28H21F3N4O4. The number of carbonyl (C=O) groups is 2. The Bertz CT molecular complexity index is 1650. The number of carbonyl (C=O) groups excluding carboxylic acids is 2. The van der Waals surface area contributed by atoms with Gasteiger partial charge in [-0.1, -0.05) is 36.4 Å². The predicted molar refractivity (Wildman–Crippen MR) is 138 cm³/mol. The largest absolute Gasteiger partial charge is 0.452 e. The van der Waals surface area contributed by atoms with Crippen molar-refractivity contribution < 1.29 is 27.5 Å². The lowest BCUT2D eigenvalue weighted by atomic mass is 10.1. The molecule has 198 valence electrons. The lowest BCUT2D eigenvalue weighted by Crippen LogP contribution is -2.31. The molecule has 1 aliphatic heterocycles. The van der Waals surface area contributed by atoms with Crippen molar-refractivity contribution in [1.82, 2.24) is 9.55 Å². The first-order valence-electron chi connectivity index (χ1n) is 12.0. The van der Waals surface area contributed by atoms with Crippen LogP contribution in [0.3, 0.4) is 0 Å². The molecule has 0 unspecified atom stereocenters. The Morgan fingerprint density at radius 1 is 1.05 bits per heavy atom. The van der Waals surface area contributed by atoms with Gasteiger partial charge < -0.3 is 4.74 Å². The third-order valence-electron chi connectivity index (χ3n) is 6.16. The number of aryl methyl sites for hydroxylation is 1. The van der Waals surface area contributed by atoms with Gasteiger partial charge in [-0.2, -0.15) is 23.3 Å². The lowest BCUT2D eigenvalue weighted by molar-refractivity contribution is -0.137. The summed E-state index contributed by atoms with van der Waals surface area (Å²) in [4.78, 5) is 42.9. The minimum atomic E-state index is -4.63. The highest BCUT2D eigenvalue weighted by Gasteiger charge is 2.31. The van der Waals surface area contributed by atoms with Crippen molar-refractivity contribution in [3.63, 3.8) is 0 Å². The summed E-state index contributed by atoms with van der Waals surface area (Å²) >= 11 is 0. The molecule has 0 spiro atoms. The van der Waals surface area contributed by atoms with E-state index in [-0.39, 0.29) is 16.8 Å². The third kappa shape index (κ3) is 5.57. The highest BCUT2D eigenvalue weighted by Crippen LogP contribution is 2.32. The van der Waals surface area contributed by atoms with E-state index in [2.05, 4.69) is 10.1 Å². The first-order chi connectivity index (χ1) is 18.7. The number of hydrogen-bond acceptors (Lipinski definition) is 6. The van der Waals surface area contributed by atoms with Crippen LogP contribution in [0.15, 0.2) is 82.7 Å². The van der Waals surface area contributed by atoms with E-state index in [4.69, 9.17) is 4.74 Å². The maximum absolute atomic E-state index is 13.3. The molecule has 0 atom stereocenters. The Hall–Kier alpha value is -4.80. The Morgan fingerprint density at radius 3 is 2.62 bits per heavy atom. The van der Waals surface area contributed by atoms with Crippen LogP contribution < -0.4 is 10.6 Å². The first-order valence-corrected chi connectivity index (χ1v) is 12.0. The van der Waals surface area contributed by atoms with E-state index in [0.29, 0.717) is 35.3 Å². The fourth-order valence-corrected chi connectivity index (χ4v) is 4.24. The average molecular weight is 534 g/mol. The maximum atomic E-state index is 13.3. The van der Waals surface area contributed by atoms with Crippen molar-refractivity contribution in [1.29, 1.82) is 0 Å². The van der Waals surface area contributed by atoms with Gasteiger partial charge in [0.1, 0.15) is 5.82 Å². The van der Waals surface area contributed by atoms with E-state index in [1.54, 1.807) is 34.9 Å². The van der Waals surface area contributed by atoms with Gasteiger partial charge in [0.25, 0.3) is 11.5 Å². The number of nitrogens with zero attached hydrogens (tertiary/aromatic N) is 4. The molecule has 8 nitrogen and oxygen atoms in total. The second-order valence-electron chi connectivity index (χ2n) is 8.81. The summed E-state index contributed by atoms with van der Waals surface area (Å²) in [7, 11) is 0. The lowest BCUT2D eigenvalue weighted by Gasteiger charge is -2.18. The first kappa shape index (κ1) is 25.8. The molecule has 2 heterocycles. The molecule has 1 aliphatic rings. The molecule has 0 fully saturated rings. The summed E-state index contributed by atoms with van der Waals surface area (Å²) in [6, 6.07) is 17.1. The maximum Gasteiger partial charge on any atom is 0.416 e. The van der Waals surface area contributed by atoms with Gasteiger partial charge in [-0.05, 0) is 48.4 Å². The zero-order valence-corrected chi connectivity index (χ0v) is 20.4. The molecule has 0 saturated carbocycles. The number of esters is 1. The van der Waals surface area contributed by atoms with Crippen LogP contribution in [0.1, 0.15) is 33.7 Å². The number of benzene rings is 3. The van der Waals surface area contributed by atoms with E-state index < -0.39 is 30.2 Å². The summed E-state index contributed by atoms with van der Waals surface area (Å²) in [6.07, 6.45) is -1.85. The molecule has 3 aromatic carbocycles. The average Bonchev–Trinajstić information content (AvgIpc) is 3.41. The molecule has 0 N–H and O–H groups in total. The molecule has 0 aliphatic carbocycles. The van der Waals surface area contributed by atoms with Crippen molar-refractivity contribution in [2.75, 3.05) is 11.6 Å². The highest BCUT2D eigenvalue weighted by atomic mass is 19.4. The second-order valence-corrected chi connectivity index (χ2v) is 8.81. The van der Waals surface area contributed by atoms with Gasteiger partial charge in [0.05, 0.1) is 33.9 Å². The summed E-state index contributed by atoms with van der Waals surface area (Å²) in [5, 5.41) is 5.19. The normalized spacial score (nSPS) is 13.0. The quantitative estimate of drug-likeness (QED) is 0.205. The molecule has 0 bridgehead atoms. The van der Waals surface area contributed by atoms with E-state index in [0.717, 1.165) is 29.6 Å². The van der Waals surface area contributed by atoms with Gasteiger partial charge in [0.2, 0.25) is 0 Å². The van der Waals surface area contributed by atoms with Crippen LogP contribution in [0.4, 0.5) is 18.9 Å². The smallest absolute Gasteiger partial charge is 0.416 e. The summed E-state index contributed by atoms with van der Waals surface area (Å²) < 4.78 is 46.7. The van der Waals surface area contributed by atoms with E-state index in [1.807, 2.05) is 0 Å². The second kappa shape index (κ2) is 10.5. The van der Waals surface area contributed by atoms with Crippen LogP contribution in [-0.2, 0) is 28.7 Å². The number of fused-ring (bicyclic) bond motifs is 2. The van der Waals surface area contributed by atoms with Crippen molar-refractivity contribution >= 4 is 34.7 Å². The van der Waals surface area contributed by atoms with Crippen molar-refractivity contribution in [2.24, 2.45) is 5.10 Å². The van der Waals surface area contributed by atoms with Gasteiger partial charge in [-0.25, -0.2) is 9.78 Å². The number of ether oxygens (including phenoxy) is 1. The molecule has 5 rings (SSSR count). The summed E-state index contributed by atoms with van der Waals surface area (Å²) in [5.41, 5.74) is -0.283. The van der Waals surface area contributed by atoms with Gasteiger partial charge in [-0.3, -0.25) is 14.2 Å². The number of aromatic nitrogens is 2. The molecule has 39 heavy (non-hydrogen) atoms. The van der Waals surface area contributed by atoms with Crippen LogP contribution in [0.2, 0.25) is 0 Å². The molecule has 0 radical (unpaired) electrons.